The van der Waals surface area contributed by atoms with Crippen molar-refractivity contribution in [2.45, 2.75) is 31.1 Å². The highest BCUT2D eigenvalue weighted by molar-refractivity contribution is 7.92. The maximum atomic E-state index is 12.9. The molecule has 0 bridgehead atoms. The minimum absolute atomic E-state index is 0.00777. The minimum atomic E-state index is -3.83. The smallest absolute Gasteiger partial charge is 0.264 e. The molecule has 4 aromatic rings. The lowest BCUT2D eigenvalue weighted by atomic mass is 9.87. The van der Waals surface area contributed by atoms with Crippen molar-refractivity contribution in [3.63, 3.8) is 0 Å². The normalized spacial score (nSPS) is 15.7. The van der Waals surface area contributed by atoms with Gasteiger partial charge in [-0.2, -0.15) is 0 Å². The Hall–Kier alpha value is -3.72. The number of rotatable bonds is 5. The van der Waals surface area contributed by atoms with E-state index in [1.54, 1.807) is 24.3 Å². The highest BCUT2D eigenvalue weighted by Gasteiger charge is 2.21. The molecule has 5 rings (SSSR count). The Morgan fingerprint density at radius 3 is 2.61 bits per heavy atom. The molecule has 0 aliphatic heterocycles. The number of aryl methyl sites for hydroxylation is 1. The third-order valence-electron chi connectivity index (χ3n) is 5.91. The second kappa shape index (κ2) is 8.32. The van der Waals surface area contributed by atoms with Crippen molar-refractivity contribution < 1.29 is 13.2 Å². The van der Waals surface area contributed by atoms with Crippen LogP contribution in [0.25, 0.3) is 10.9 Å². The summed E-state index contributed by atoms with van der Waals surface area (Å²) in [4.78, 5) is 24.1. The molecule has 2 aromatic heterocycles. The third kappa shape index (κ3) is 4.31. The number of aromatic nitrogens is 3. The zero-order chi connectivity index (χ0) is 23.0. The summed E-state index contributed by atoms with van der Waals surface area (Å²) in [6, 6.07) is 13.2. The SMILES string of the molecule is C[C@H]1CCc2[nH]c3ccc(C(=O)Nc4ccc(S(=O)(=O)Nc5ncccn5)cc4)cc3c2C1. The van der Waals surface area contributed by atoms with E-state index < -0.39 is 10.0 Å². The molecule has 9 heteroatoms. The summed E-state index contributed by atoms with van der Waals surface area (Å²) in [5, 5.41) is 3.94. The molecule has 168 valence electrons. The van der Waals surface area contributed by atoms with Gasteiger partial charge in [0.05, 0.1) is 4.90 Å². The first-order chi connectivity index (χ1) is 15.9. The first-order valence-corrected chi connectivity index (χ1v) is 12.2. The van der Waals surface area contributed by atoms with Gasteiger partial charge in [0.1, 0.15) is 0 Å². The van der Waals surface area contributed by atoms with Crippen LogP contribution in [-0.4, -0.2) is 29.3 Å². The molecule has 2 heterocycles. The summed E-state index contributed by atoms with van der Waals surface area (Å²) < 4.78 is 27.4. The van der Waals surface area contributed by atoms with E-state index in [1.165, 1.54) is 42.2 Å². The molecule has 0 radical (unpaired) electrons. The number of hydrogen-bond donors (Lipinski definition) is 3. The van der Waals surface area contributed by atoms with Crippen molar-refractivity contribution in [3.05, 3.63) is 77.7 Å². The molecule has 1 aliphatic rings. The number of sulfonamides is 1. The molecule has 0 fully saturated rings. The second-order valence-electron chi connectivity index (χ2n) is 8.35. The predicted molar refractivity (Wildman–Crippen MR) is 127 cm³/mol. The van der Waals surface area contributed by atoms with E-state index in [-0.39, 0.29) is 16.8 Å². The number of nitrogens with one attached hydrogen (secondary N) is 3. The molecule has 0 saturated heterocycles. The zero-order valence-electron chi connectivity index (χ0n) is 18.0. The van der Waals surface area contributed by atoms with E-state index in [2.05, 4.69) is 31.9 Å². The molecule has 1 atom stereocenters. The number of anilines is 2. The summed E-state index contributed by atoms with van der Waals surface area (Å²) in [6.07, 6.45) is 6.12. The van der Waals surface area contributed by atoms with E-state index in [9.17, 15) is 13.2 Å². The zero-order valence-corrected chi connectivity index (χ0v) is 18.8. The Morgan fingerprint density at radius 1 is 1.09 bits per heavy atom. The topological polar surface area (TPSA) is 117 Å². The maximum absolute atomic E-state index is 12.9. The van der Waals surface area contributed by atoms with Gasteiger partial charge in [-0.05, 0) is 79.3 Å². The van der Waals surface area contributed by atoms with Gasteiger partial charge in [-0.1, -0.05) is 6.92 Å². The van der Waals surface area contributed by atoms with Crippen molar-refractivity contribution in [2.75, 3.05) is 10.0 Å². The van der Waals surface area contributed by atoms with E-state index in [1.807, 2.05) is 12.1 Å². The lowest BCUT2D eigenvalue weighted by Gasteiger charge is -2.18. The maximum Gasteiger partial charge on any atom is 0.264 e. The highest BCUT2D eigenvalue weighted by Crippen LogP contribution is 2.32. The first kappa shape index (κ1) is 21.1. The molecule has 3 N–H and O–H groups in total. The van der Waals surface area contributed by atoms with Crippen molar-refractivity contribution in [1.29, 1.82) is 0 Å². The number of carbonyl (C=O) groups is 1. The van der Waals surface area contributed by atoms with Gasteiger partial charge < -0.3 is 10.3 Å². The summed E-state index contributed by atoms with van der Waals surface area (Å²) >= 11 is 0. The van der Waals surface area contributed by atoms with Crippen LogP contribution in [0.2, 0.25) is 0 Å². The molecule has 0 saturated carbocycles. The molecular weight excluding hydrogens is 438 g/mol. The average molecular weight is 462 g/mol. The quantitative estimate of drug-likeness (QED) is 0.413. The van der Waals surface area contributed by atoms with Gasteiger partial charge in [-0.3, -0.25) is 4.79 Å². The van der Waals surface area contributed by atoms with Gasteiger partial charge in [0.2, 0.25) is 5.95 Å². The lowest BCUT2D eigenvalue weighted by Crippen LogP contribution is -2.15. The lowest BCUT2D eigenvalue weighted by molar-refractivity contribution is 0.102. The molecule has 1 amide bonds. The van der Waals surface area contributed by atoms with E-state index >= 15 is 0 Å². The van der Waals surface area contributed by atoms with Crippen LogP contribution in [-0.2, 0) is 22.9 Å². The fourth-order valence-electron chi connectivity index (χ4n) is 4.18. The number of carbonyl (C=O) groups excluding carboxylic acids is 1. The molecular formula is C24H23N5O3S. The van der Waals surface area contributed by atoms with Crippen molar-refractivity contribution >= 4 is 38.5 Å². The van der Waals surface area contributed by atoms with Crippen LogP contribution < -0.4 is 10.0 Å². The van der Waals surface area contributed by atoms with Gasteiger partial charge in [0, 0.05) is 40.2 Å². The van der Waals surface area contributed by atoms with Crippen LogP contribution in [0.1, 0.15) is 35.0 Å². The predicted octanol–water partition coefficient (Wildman–Crippen LogP) is 4.14. The monoisotopic (exact) mass is 461 g/mol. The fraction of sp³-hybridized carbons (Fsp3) is 0.208. The Kier molecular flexibility index (Phi) is 5.33. The van der Waals surface area contributed by atoms with Gasteiger partial charge in [-0.15, -0.1) is 0 Å². The van der Waals surface area contributed by atoms with Crippen LogP contribution in [0.4, 0.5) is 11.6 Å². The standard InChI is InChI=1S/C24H23N5O3S/c1-15-3-9-21-19(13-15)20-14-16(4-10-22(20)28-21)23(30)27-17-5-7-18(8-6-17)33(31,32)29-24-25-11-2-12-26-24/h2,4-8,10-12,14-15,28H,3,9,13H2,1H3,(H,27,30)(H,25,26,29)/t15-/m0/s1. The van der Waals surface area contributed by atoms with Crippen LogP contribution in [0.5, 0.6) is 0 Å². The molecule has 2 aromatic carbocycles. The molecule has 0 unspecified atom stereocenters. The van der Waals surface area contributed by atoms with E-state index in [4.69, 9.17) is 0 Å². The minimum Gasteiger partial charge on any atom is -0.358 e. The van der Waals surface area contributed by atoms with Crippen LogP contribution in [0, 0.1) is 5.92 Å². The molecule has 0 spiro atoms. The van der Waals surface area contributed by atoms with E-state index in [0.29, 0.717) is 17.2 Å². The Labute approximate surface area is 191 Å². The number of hydrogen-bond acceptors (Lipinski definition) is 5. The Morgan fingerprint density at radius 2 is 1.85 bits per heavy atom. The van der Waals surface area contributed by atoms with Crippen molar-refractivity contribution in [1.82, 2.24) is 15.0 Å². The fourth-order valence-corrected chi connectivity index (χ4v) is 5.14. The van der Waals surface area contributed by atoms with E-state index in [0.717, 1.165) is 23.7 Å². The van der Waals surface area contributed by atoms with Crippen molar-refractivity contribution in [2.24, 2.45) is 5.92 Å². The van der Waals surface area contributed by atoms with Gasteiger partial charge in [-0.25, -0.2) is 23.1 Å². The third-order valence-corrected chi connectivity index (χ3v) is 7.25. The van der Waals surface area contributed by atoms with Gasteiger partial charge in [0.25, 0.3) is 15.9 Å². The van der Waals surface area contributed by atoms with Crippen LogP contribution in [0.15, 0.2) is 65.8 Å². The number of fused-ring (bicyclic) bond motifs is 3. The second-order valence-corrected chi connectivity index (χ2v) is 10.0. The number of amides is 1. The summed E-state index contributed by atoms with van der Waals surface area (Å²) in [5.74, 6) is 0.375. The summed E-state index contributed by atoms with van der Waals surface area (Å²) in [5.41, 5.74) is 4.69. The molecule has 8 nitrogen and oxygen atoms in total. The molecule has 33 heavy (non-hydrogen) atoms. The van der Waals surface area contributed by atoms with Crippen LogP contribution in [0.3, 0.4) is 0 Å². The summed E-state index contributed by atoms with van der Waals surface area (Å²) in [7, 11) is -3.83. The number of benzene rings is 2. The average Bonchev–Trinajstić information content (AvgIpc) is 3.17. The van der Waals surface area contributed by atoms with Gasteiger partial charge in [0.15, 0.2) is 0 Å². The number of aromatic amines is 1. The number of H-pyrrole nitrogens is 1. The largest absolute Gasteiger partial charge is 0.358 e. The highest BCUT2D eigenvalue weighted by atomic mass is 32.2. The Bertz CT molecular complexity index is 1430. The first-order valence-electron chi connectivity index (χ1n) is 10.7. The summed E-state index contributed by atoms with van der Waals surface area (Å²) in [6.45, 7) is 2.25. The Balaban J connectivity index is 1.33. The molecule has 1 aliphatic carbocycles. The number of nitrogens with zero attached hydrogens (tertiary/aromatic N) is 2. The van der Waals surface area contributed by atoms with Gasteiger partial charge >= 0.3 is 0 Å². The van der Waals surface area contributed by atoms with Crippen molar-refractivity contribution in [3.8, 4) is 0 Å². The van der Waals surface area contributed by atoms with Crippen LogP contribution >= 0.6 is 0 Å².